The topological polar surface area (TPSA) is 32.8 Å². The van der Waals surface area contributed by atoms with E-state index in [9.17, 15) is 0 Å². The van der Waals surface area contributed by atoms with Crippen LogP contribution in [0, 0.1) is 13.8 Å². The minimum atomic E-state index is 0.867. The molecule has 12 aromatic rings. The van der Waals surface area contributed by atoms with Crippen molar-refractivity contribution < 1.29 is 8.83 Å². The van der Waals surface area contributed by atoms with Crippen LogP contribution in [0.2, 0.25) is 0 Å². The van der Waals surface area contributed by atoms with Gasteiger partial charge in [0.05, 0.1) is 22.7 Å². The first kappa shape index (κ1) is 32.7. The van der Waals surface area contributed by atoms with Gasteiger partial charge in [-0.3, -0.25) is 0 Å². The number of hydrogen-bond acceptors (Lipinski definition) is 4. The van der Waals surface area contributed by atoms with Crippen LogP contribution in [0.3, 0.4) is 0 Å². The highest BCUT2D eigenvalue weighted by atomic mass is 16.3. The Bertz CT molecular complexity index is 3340. The van der Waals surface area contributed by atoms with Crippen LogP contribution in [0.25, 0.3) is 76.2 Å². The zero-order chi connectivity index (χ0) is 38.5. The van der Waals surface area contributed by atoms with Gasteiger partial charge in [-0.25, -0.2) is 0 Å². The van der Waals surface area contributed by atoms with Crippen LogP contribution < -0.4 is 9.80 Å². The van der Waals surface area contributed by atoms with Gasteiger partial charge in [0.15, 0.2) is 11.2 Å². The maximum atomic E-state index is 6.71. The highest BCUT2D eigenvalue weighted by Gasteiger charge is 2.26. The zero-order valence-electron chi connectivity index (χ0n) is 32.0. The molecule has 0 aliphatic rings. The van der Waals surface area contributed by atoms with Gasteiger partial charge in [0.25, 0.3) is 0 Å². The molecule has 0 amide bonds. The Morgan fingerprint density at radius 1 is 0.328 bits per heavy atom. The van der Waals surface area contributed by atoms with Gasteiger partial charge in [-0.2, -0.15) is 0 Å². The molecule has 0 aliphatic carbocycles. The van der Waals surface area contributed by atoms with E-state index in [1.807, 2.05) is 12.1 Å². The molecule has 0 spiro atoms. The number of fused-ring (bicyclic) bond motifs is 6. The molecule has 0 saturated heterocycles. The molecule has 2 aromatic heterocycles. The minimum Gasteiger partial charge on any atom is -0.454 e. The van der Waals surface area contributed by atoms with Gasteiger partial charge in [-0.15, -0.1) is 0 Å². The normalized spacial score (nSPS) is 12.0. The Kier molecular flexibility index (Phi) is 7.02. The molecule has 2 heterocycles. The third-order valence-electron chi connectivity index (χ3n) is 11.8. The molecular weight excluding hydrogens is 709 g/mol. The van der Waals surface area contributed by atoms with Crippen molar-refractivity contribution in [1.29, 1.82) is 0 Å². The molecule has 0 unspecified atom stereocenters. The Morgan fingerprint density at radius 3 is 1.19 bits per heavy atom. The predicted octanol–water partition coefficient (Wildman–Crippen LogP) is 15.9. The molecule has 0 fully saturated rings. The van der Waals surface area contributed by atoms with E-state index >= 15 is 0 Å². The molecule has 274 valence electrons. The molecule has 0 atom stereocenters. The number of anilines is 6. The molecule has 10 aromatic carbocycles. The number of aryl methyl sites for hydroxylation is 2. The first-order valence-corrected chi connectivity index (χ1v) is 19.8. The molecule has 0 aliphatic heterocycles. The lowest BCUT2D eigenvalue weighted by Gasteiger charge is -2.30. The summed E-state index contributed by atoms with van der Waals surface area (Å²) in [6.45, 7) is 4.31. The quantitative estimate of drug-likeness (QED) is 0.159. The number of benzene rings is 10. The van der Waals surface area contributed by atoms with Crippen LogP contribution in [-0.4, -0.2) is 0 Å². The summed E-state index contributed by atoms with van der Waals surface area (Å²) in [5, 5.41) is 11.6. The van der Waals surface area contributed by atoms with Crippen LogP contribution in [-0.2, 0) is 0 Å². The van der Waals surface area contributed by atoms with E-state index in [0.717, 1.165) is 78.0 Å². The predicted molar refractivity (Wildman–Crippen MR) is 244 cm³/mol. The summed E-state index contributed by atoms with van der Waals surface area (Å²) in [7, 11) is 0. The summed E-state index contributed by atoms with van der Waals surface area (Å²) in [4.78, 5) is 4.78. The van der Waals surface area contributed by atoms with Gasteiger partial charge < -0.3 is 18.6 Å². The van der Waals surface area contributed by atoms with Crippen molar-refractivity contribution in [2.75, 3.05) is 9.80 Å². The third-order valence-corrected chi connectivity index (χ3v) is 11.8. The first-order chi connectivity index (χ1) is 28.6. The number of nitrogens with zero attached hydrogens (tertiary/aromatic N) is 2. The fourth-order valence-corrected chi connectivity index (χ4v) is 9.35. The molecule has 4 heteroatoms. The van der Waals surface area contributed by atoms with Crippen molar-refractivity contribution in [3.05, 3.63) is 193 Å². The van der Waals surface area contributed by atoms with Crippen molar-refractivity contribution in [2.24, 2.45) is 0 Å². The summed E-state index contributed by atoms with van der Waals surface area (Å²) in [5.74, 6) is 0. The van der Waals surface area contributed by atoms with E-state index in [4.69, 9.17) is 8.83 Å². The minimum absolute atomic E-state index is 0.867. The SMILES string of the molecule is Cc1cccc(N(c2cc3cccc4c(N(c5cccc(C)c5)c5cccc6c5oc5ccccc56)cc5cccc2c5c34)c2cccc3c2oc2ccccc23)c1. The Balaban J connectivity index is 1.16. The van der Waals surface area contributed by atoms with E-state index in [1.54, 1.807) is 0 Å². The monoisotopic (exact) mass is 744 g/mol. The van der Waals surface area contributed by atoms with Gasteiger partial charge in [0, 0.05) is 43.7 Å². The molecule has 0 saturated carbocycles. The van der Waals surface area contributed by atoms with E-state index in [-0.39, 0.29) is 0 Å². The van der Waals surface area contributed by atoms with Gasteiger partial charge in [0.1, 0.15) is 11.2 Å². The summed E-state index contributed by atoms with van der Waals surface area (Å²) in [6, 6.07) is 65.4. The highest BCUT2D eigenvalue weighted by Crippen LogP contribution is 2.51. The van der Waals surface area contributed by atoms with Crippen LogP contribution in [0.4, 0.5) is 34.1 Å². The van der Waals surface area contributed by atoms with Gasteiger partial charge in [0.2, 0.25) is 0 Å². The fraction of sp³-hybridized carbons (Fsp3) is 0.0370. The number of hydrogen-bond donors (Lipinski definition) is 0. The lowest BCUT2D eigenvalue weighted by Crippen LogP contribution is -2.12. The molecule has 58 heavy (non-hydrogen) atoms. The number of furan rings is 2. The van der Waals surface area contributed by atoms with E-state index in [0.29, 0.717) is 0 Å². The second-order valence-electron chi connectivity index (χ2n) is 15.5. The first-order valence-electron chi connectivity index (χ1n) is 19.8. The molecular formula is C54H36N2O2. The third kappa shape index (κ3) is 4.82. The summed E-state index contributed by atoms with van der Waals surface area (Å²) >= 11 is 0. The molecule has 12 rings (SSSR count). The van der Waals surface area contributed by atoms with Crippen LogP contribution in [0.5, 0.6) is 0 Å². The Hall–Kier alpha value is -7.56. The Morgan fingerprint density at radius 2 is 0.724 bits per heavy atom. The second kappa shape index (κ2) is 12.5. The van der Waals surface area contributed by atoms with Gasteiger partial charge in [-0.1, -0.05) is 121 Å². The Labute approximate surface area is 334 Å². The van der Waals surface area contributed by atoms with Gasteiger partial charge in [-0.05, 0) is 107 Å². The summed E-state index contributed by atoms with van der Waals surface area (Å²) in [6.07, 6.45) is 0. The van der Waals surface area contributed by atoms with E-state index in [2.05, 4.69) is 194 Å². The average Bonchev–Trinajstić information content (AvgIpc) is 3.83. The van der Waals surface area contributed by atoms with Crippen molar-refractivity contribution in [3.8, 4) is 0 Å². The number of para-hydroxylation sites is 4. The van der Waals surface area contributed by atoms with Crippen molar-refractivity contribution >= 4 is 110 Å². The maximum Gasteiger partial charge on any atom is 0.159 e. The van der Waals surface area contributed by atoms with E-state index in [1.165, 1.54) is 43.4 Å². The van der Waals surface area contributed by atoms with Gasteiger partial charge >= 0.3 is 0 Å². The molecule has 0 radical (unpaired) electrons. The van der Waals surface area contributed by atoms with E-state index < -0.39 is 0 Å². The van der Waals surface area contributed by atoms with Crippen LogP contribution in [0.15, 0.2) is 191 Å². The maximum absolute atomic E-state index is 6.71. The fourth-order valence-electron chi connectivity index (χ4n) is 9.35. The summed E-state index contributed by atoms with van der Waals surface area (Å²) < 4.78 is 13.4. The number of rotatable bonds is 6. The molecule has 0 N–H and O–H groups in total. The van der Waals surface area contributed by atoms with Crippen molar-refractivity contribution in [1.82, 2.24) is 0 Å². The highest BCUT2D eigenvalue weighted by molar-refractivity contribution is 6.30. The molecule has 4 nitrogen and oxygen atoms in total. The lowest BCUT2D eigenvalue weighted by atomic mass is 9.91. The van der Waals surface area contributed by atoms with Crippen molar-refractivity contribution in [2.45, 2.75) is 13.8 Å². The van der Waals surface area contributed by atoms with Crippen LogP contribution >= 0.6 is 0 Å². The van der Waals surface area contributed by atoms with Crippen molar-refractivity contribution in [3.63, 3.8) is 0 Å². The summed E-state index contributed by atoms with van der Waals surface area (Å²) in [5.41, 5.74) is 12.2. The molecule has 0 bridgehead atoms. The lowest BCUT2D eigenvalue weighted by molar-refractivity contribution is 0.669. The standard InChI is InChI=1S/C54H36N2O2/c1-33-13-7-17-37(29-33)55(45-25-11-21-41-39-19-3-5-27-49(39)57-53(41)45)47-31-35-15-10-24-44-48(32-36-16-9-23-43(47)51(36)52(35)44)56(38-18-8-14-34(2)30-38)46-26-12-22-42-40-20-4-6-28-50(40)58-54(42)46/h3-32H,1-2H3. The van der Waals surface area contributed by atoms with Crippen LogP contribution in [0.1, 0.15) is 11.1 Å². The zero-order valence-corrected chi connectivity index (χ0v) is 32.0. The smallest absolute Gasteiger partial charge is 0.159 e. The second-order valence-corrected chi connectivity index (χ2v) is 15.5. The average molecular weight is 745 g/mol. The largest absolute Gasteiger partial charge is 0.454 e.